The molecule has 1 aliphatic carbocycles. The van der Waals surface area contributed by atoms with E-state index in [2.05, 4.69) is 13.8 Å². The van der Waals surface area contributed by atoms with E-state index in [-0.39, 0.29) is 0 Å². The molecule has 0 radical (unpaired) electrons. The molecular formula is C9H12Cl2. The molecule has 0 N–H and O–H groups in total. The Morgan fingerprint density at radius 3 is 2.18 bits per heavy atom. The SMILES string of the molecule is CC1=C(C)CC(=C(Cl)Cl)CC1. The molecule has 0 fully saturated rings. The molecule has 62 valence electrons. The van der Waals surface area contributed by atoms with Crippen molar-refractivity contribution in [2.24, 2.45) is 0 Å². The molecule has 0 saturated carbocycles. The lowest BCUT2D eigenvalue weighted by molar-refractivity contribution is 0.812. The topological polar surface area (TPSA) is 0 Å². The largest absolute Gasteiger partial charge is 0.106 e. The summed E-state index contributed by atoms with van der Waals surface area (Å²) in [4.78, 5) is 0. The van der Waals surface area contributed by atoms with Crippen LogP contribution in [-0.4, -0.2) is 0 Å². The van der Waals surface area contributed by atoms with Gasteiger partial charge in [0.05, 0.1) is 0 Å². The van der Waals surface area contributed by atoms with Crippen LogP contribution >= 0.6 is 23.2 Å². The van der Waals surface area contributed by atoms with Crippen LogP contribution in [-0.2, 0) is 0 Å². The number of rotatable bonds is 0. The van der Waals surface area contributed by atoms with E-state index in [9.17, 15) is 0 Å². The maximum Gasteiger partial charge on any atom is 0.106 e. The molecule has 0 nitrogen and oxygen atoms in total. The van der Waals surface area contributed by atoms with Crippen LogP contribution < -0.4 is 0 Å². The smallest absolute Gasteiger partial charge is 0.0738 e. The quantitative estimate of drug-likeness (QED) is 0.503. The number of allylic oxidation sites excluding steroid dienone is 3. The second kappa shape index (κ2) is 3.64. The van der Waals surface area contributed by atoms with Crippen LogP contribution in [0.15, 0.2) is 21.2 Å². The van der Waals surface area contributed by atoms with Gasteiger partial charge in [-0.3, -0.25) is 0 Å². The Morgan fingerprint density at radius 1 is 1.09 bits per heavy atom. The van der Waals surface area contributed by atoms with Crippen molar-refractivity contribution >= 4 is 23.2 Å². The van der Waals surface area contributed by atoms with Crippen LogP contribution in [0.25, 0.3) is 0 Å². The molecule has 0 spiro atoms. The van der Waals surface area contributed by atoms with E-state index in [1.807, 2.05) is 0 Å². The van der Waals surface area contributed by atoms with Gasteiger partial charge in [0, 0.05) is 0 Å². The van der Waals surface area contributed by atoms with Crippen molar-refractivity contribution in [2.45, 2.75) is 33.1 Å². The first-order valence-corrected chi connectivity index (χ1v) is 4.55. The Hall–Kier alpha value is 0.0600. The first kappa shape index (κ1) is 9.15. The fourth-order valence-electron chi connectivity index (χ4n) is 1.27. The first-order valence-electron chi connectivity index (χ1n) is 3.79. The number of halogens is 2. The van der Waals surface area contributed by atoms with Gasteiger partial charge in [-0.2, -0.15) is 0 Å². The molecule has 0 amide bonds. The summed E-state index contributed by atoms with van der Waals surface area (Å²) in [6.45, 7) is 4.32. The van der Waals surface area contributed by atoms with Gasteiger partial charge in [-0.25, -0.2) is 0 Å². The van der Waals surface area contributed by atoms with Crippen molar-refractivity contribution in [1.29, 1.82) is 0 Å². The molecular weight excluding hydrogens is 179 g/mol. The number of hydrogen-bond donors (Lipinski definition) is 0. The van der Waals surface area contributed by atoms with E-state index >= 15 is 0 Å². The van der Waals surface area contributed by atoms with Crippen molar-refractivity contribution in [3.8, 4) is 0 Å². The Morgan fingerprint density at radius 2 is 1.73 bits per heavy atom. The van der Waals surface area contributed by atoms with Gasteiger partial charge >= 0.3 is 0 Å². The molecule has 0 saturated heterocycles. The molecule has 0 aromatic rings. The zero-order chi connectivity index (χ0) is 8.43. The van der Waals surface area contributed by atoms with Gasteiger partial charge in [-0.1, -0.05) is 34.3 Å². The van der Waals surface area contributed by atoms with Gasteiger partial charge in [0.25, 0.3) is 0 Å². The average molecular weight is 191 g/mol. The van der Waals surface area contributed by atoms with E-state index < -0.39 is 0 Å². The lowest BCUT2D eigenvalue weighted by atomic mass is 9.91. The maximum absolute atomic E-state index is 5.69. The van der Waals surface area contributed by atoms with E-state index in [1.165, 1.54) is 16.7 Å². The second-order valence-corrected chi connectivity index (χ2v) is 4.05. The summed E-state index contributed by atoms with van der Waals surface area (Å²) < 4.78 is 0.469. The molecule has 0 unspecified atom stereocenters. The highest BCUT2D eigenvalue weighted by Gasteiger charge is 2.11. The Labute approximate surface area is 77.9 Å². The van der Waals surface area contributed by atoms with E-state index in [0.717, 1.165) is 19.3 Å². The minimum atomic E-state index is 0.469. The average Bonchev–Trinajstić information content (AvgIpc) is 1.94. The van der Waals surface area contributed by atoms with Gasteiger partial charge in [0.15, 0.2) is 0 Å². The second-order valence-electron chi connectivity index (χ2n) is 3.10. The third-order valence-corrected chi connectivity index (χ3v) is 2.81. The van der Waals surface area contributed by atoms with Crippen LogP contribution in [0.4, 0.5) is 0 Å². The number of hydrogen-bond acceptors (Lipinski definition) is 0. The van der Waals surface area contributed by atoms with Crippen molar-refractivity contribution < 1.29 is 0 Å². The highest BCUT2D eigenvalue weighted by molar-refractivity contribution is 6.56. The summed E-state index contributed by atoms with van der Waals surface area (Å²) in [6.07, 6.45) is 3.11. The normalized spacial score (nSPS) is 19.1. The van der Waals surface area contributed by atoms with Crippen LogP contribution in [0, 0.1) is 0 Å². The van der Waals surface area contributed by atoms with E-state index in [4.69, 9.17) is 23.2 Å². The standard InChI is InChI=1S/C9H12Cl2/c1-6-3-4-8(9(10)11)5-7(6)2/h3-5H2,1-2H3. The van der Waals surface area contributed by atoms with Crippen molar-refractivity contribution in [3.05, 3.63) is 21.2 Å². The van der Waals surface area contributed by atoms with Crippen LogP contribution in [0.3, 0.4) is 0 Å². The molecule has 0 aromatic heterocycles. The minimum absolute atomic E-state index is 0.469. The lowest BCUT2D eigenvalue weighted by Gasteiger charge is -2.17. The van der Waals surface area contributed by atoms with E-state index in [0.29, 0.717) is 4.49 Å². The summed E-state index contributed by atoms with van der Waals surface area (Å²) in [5.74, 6) is 0. The zero-order valence-electron chi connectivity index (χ0n) is 6.88. The van der Waals surface area contributed by atoms with Crippen molar-refractivity contribution in [1.82, 2.24) is 0 Å². The zero-order valence-corrected chi connectivity index (χ0v) is 8.39. The van der Waals surface area contributed by atoms with Gasteiger partial charge in [-0.05, 0) is 38.7 Å². The third-order valence-electron chi connectivity index (χ3n) is 2.28. The predicted molar refractivity (Wildman–Crippen MR) is 51.0 cm³/mol. The molecule has 0 aliphatic heterocycles. The summed E-state index contributed by atoms with van der Waals surface area (Å²) in [5, 5.41) is 0. The molecule has 0 atom stereocenters. The molecule has 0 aromatic carbocycles. The third kappa shape index (κ3) is 2.25. The summed E-state index contributed by atoms with van der Waals surface area (Å²) >= 11 is 11.4. The van der Waals surface area contributed by atoms with Gasteiger partial charge < -0.3 is 0 Å². The summed E-state index contributed by atoms with van der Waals surface area (Å²) in [5.41, 5.74) is 4.10. The van der Waals surface area contributed by atoms with Crippen LogP contribution in [0.1, 0.15) is 33.1 Å². The molecule has 1 aliphatic rings. The maximum atomic E-state index is 5.69. The summed E-state index contributed by atoms with van der Waals surface area (Å²) in [7, 11) is 0. The monoisotopic (exact) mass is 190 g/mol. The highest BCUT2D eigenvalue weighted by Crippen LogP contribution is 2.32. The van der Waals surface area contributed by atoms with E-state index in [1.54, 1.807) is 0 Å². The van der Waals surface area contributed by atoms with Gasteiger partial charge in [0.1, 0.15) is 4.49 Å². The van der Waals surface area contributed by atoms with Gasteiger partial charge in [0.2, 0.25) is 0 Å². The lowest BCUT2D eigenvalue weighted by Crippen LogP contribution is -1.98. The Balaban J connectivity index is 2.81. The van der Waals surface area contributed by atoms with Gasteiger partial charge in [-0.15, -0.1) is 0 Å². The van der Waals surface area contributed by atoms with Crippen molar-refractivity contribution in [3.63, 3.8) is 0 Å². The highest BCUT2D eigenvalue weighted by atomic mass is 35.5. The van der Waals surface area contributed by atoms with Crippen LogP contribution in [0.5, 0.6) is 0 Å². The van der Waals surface area contributed by atoms with Crippen LogP contribution in [0.2, 0.25) is 0 Å². The molecule has 0 heterocycles. The fourth-order valence-corrected chi connectivity index (χ4v) is 1.60. The Bertz CT molecular complexity index is 220. The molecule has 11 heavy (non-hydrogen) atoms. The first-order chi connectivity index (χ1) is 5.11. The fraction of sp³-hybridized carbons (Fsp3) is 0.556. The van der Waals surface area contributed by atoms with Crippen molar-refractivity contribution in [2.75, 3.05) is 0 Å². The summed E-state index contributed by atoms with van der Waals surface area (Å²) in [6, 6.07) is 0. The predicted octanol–water partition coefficient (Wildman–Crippen LogP) is 4.20. The Kier molecular flexibility index (Phi) is 3.03. The molecule has 1 rings (SSSR count). The molecule has 2 heteroatoms. The molecule has 0 bridgehead atoms. The minimum Gasteiger partial charge on any atom is -0.0738 e.